The van der Waals surface area contributed by atoms with Crippen LogP contribution in [0, 0.1) is 12.7 Å². The second-order valence-electron chi connectivity index (χ2n) is 3.39. The van der Waals surface area contributed by atoms with E-state index >= 15 is 0 Å². The molecule has 1 aromatic rings. The summed E-state index contributed by atoms with van der Waals surface area (Å²) in [5.74, 6) is -0.00795. The van der Waals surface area contributed by atoms with Crippen molar-refractivity contribution in [2.24, 2.45) is 0 Å². The Labute approximate surface area is 103 Å². The fourth-order valence-electron chi connectivity index (χ4n) is 1.18. The van der Waals surface area contributed by atoms with Crippen LogP contribution in [0.5, 0.6) is 5.75 Å². The molecule has 0 aliphatic carbocycles. The van der Waals surface area contributed by atoms with E-state index in [1.807, 2.05) is 13.8 Å². The lowest BCUT2D eigenvalue weighted by molar-refractivity contribution is 0.237. The largest absolute Gasteiger partial charge is 0.489 e. The van der Waals surface area contributed by atoms with Crippen molar-refractivity contribution < 1.29 is 9.13 Å². The molecule has 1 aromatic carbocycles. The van der Waals surface area contributed by atoms with Crippen molar-refractivity contribution in [3.8, 4) is 5.75 Å². The molecule has 1 rings (SSSR count). The third kappa shape index (κ3) is 2.85. The molecule has 0 unspecified atom stereocenters. The van der Waals surface area contributed by atoms with E-state index in [0.717, 1.165) is 5.56 Å². The number of benzene rings is 1. The monoisotopic (exact) mass is 293 g/mol. The van der Waals surface area contributed by atoms with Crippen LogP contribution in [0.4, 0.5) is 4.39 Å². The van der Waals surface area contributed by atoms with Crippen molar-refractivity contribution in [2.45, 2.75) is 26.4 Å². The SMILES string of the molecule is [CH2]Cc1cc(Cl)c(F)c(Br)c1OC(C)C. The van der Waals surface area contributed by atoms with Crippen molar-refractivity contribution in [1.29, 1.82) is 0 Å². The molecular formula is C11H12BrClFO. The Hall–Kier alpha value is -0.280. The average molecular weight is 295 g/mol. The van der Waals surface area contributed by atoms with Gasteiger partial charge in [-0.2, -0.15) is 0 Å². The van der Waals surface area contributed by atoms with E-state index in [4.69, 9.17) is 16.3 Å². The number of ether oxygens (including phenoxy) is 1. The summed E-state index contributed by atoms with van der Waals surface area (Å²) in [5.41, 5.74) is 0.793. The van der Waals surface area contributed by atoms with Crippen LogP contribution < -0.4 is 4.74 Å². The topological polar surface area (TPSA) is 9.23 Å². The van der Waals surface area contributed by atoms with Crippen molar-refractivity contribution in [3.63, 3.8) is 0 Å². The molecule has 0 N–H and O–H groups in total. The molecule has 1 nitrogen and oxygen atoms in total. The van der Waals surface area contributed by atoms with Crippen LogP contribution in [-0.4, -0.2) is 6.10 Å². The Morgan fingerprint density at radius 3 is 2.67 bits per heavy atom. The number of rotatable bonds is 3. The summed E-state index contributed by atoms with van der Waals surface area (Å²) in [6.45, 7) is 7.52. The molecule has 0 heterocycles. The van der Waals surface area contributed by atoms with Crippen LogP contribution >= 0.6 is 27.5 Å². The van der Waals surface area contributed by atoms with E-state index < -0.39 is 5.82 Å². The summed E-state index contributed by atoms with van der Waals surface area (Å²) >= 11 is 8.86. The fraction of sp³-hybridized carbons (Fsp3) is 0.364. The van der Waals surface area contributed by atoms with Crippen molar-refractivity contribution in [2.75, 3.05) is 0 Å². The lowest BCUT2D eigenvalue weighted by atomic mass is 10.1. The molecular weight excluding hydrogens is 282 g/mol. The predicted octanol–water partition coefficient (Wildman–Crippen LogP) is 4.41. The van der Waals surface area contributed by atoms with Gasteiger partial charge in [-0.1, -0.05) is 11.6 Å². The maximum absolute atomic E-state index is 13.5. The Kier molecular flexibility index (Phi) is 4.41. The van der Waals surface area contributed by atoms with Gasteiger partial charge in [0.25, 0.3) is 0 Å². The van der Waals surface area contributed by atoms with Crippen molar-refractivity contribution in [1.82, 2.24) is 0 Å². The summed E-state index contributed by atoms with van der Waals surface area (Å²) < 4.78 is 19.3. The normalized spacial score (nSPS) is 10.9. The first kappa shape index (κ1) is 12.8. The highest BCUT2D eigenvalue weighted by atomic mass is 79.9. The summed E-state index contributed by atoms with van der Waals surface area (Å²) in [4.78, 5) is 0. The van der Waals surface area contributed by atoms with Gasteiger partial charge in [0, 0.05) is 0 Å². The summed E-state index contributed by atoms with van der Waals surface area (Å²) in [5, 5.41) is 0.0802. The van der Waals surface area contributed by atoms with Gasteiger partial charge in [-0.05, 0) is 54.8 Å². The zero-order valence-electron chi connectivity index (χ0n) is 8.61. The number of halogens is 3. The van der Waals surface area contributed by atoms with Gasteiger partial charge >= 0.3 is 0 Å². The highest BCUT2D eigenvalue weighted by Crippen LogP contribution is 2.36. The molecule has 0 atom stereocenters. The van der Waals surface area contributed by atoms with Crippen LogP contribution in [0.25, 0.3) is 0 Å². The highest BCUT2D eigenvalue weighted by Gasteiger charge is 2.16. The summed E-state index contributed by atoms with van der Waals surface area (Å²) in [6, 6.07) is 1.55. The maximum Gasteiger partial charge on any atom is 0.159 e. The smallest absolute Gasteiger partial charge is 0.159 e. The van der Waals surface area contributed by atoms with Gasteiger partial charge in [-0.3, -0.25) is 0 Å². The minimum Gasteiger partial charge on any atom is -0.489 e. The predicted molar refractivity (Wildman–Crippen MR) is 63.9 cm³/mol. The first-order valence-electron chi connectivity index (χ1n) is 4.59. The van der Waals surface area contributed by atoms with Crippen LogP contribution in [-0.2, 0) is 6.42 Å². The standard InChI is InChI=1S/C11H12BrClFO/c1-4-7-5-8(13)10(14)9(12)11(7)15-6(2)3/h5-6H,1,4H2,2-3H3. The fourth-order valence-corrected chi connectivity index (χ4v) is 2.08. The number of hydrogen-bond donors (Lipinski definition) is 0. The summed E-state index contributed by atoms with van der Waals surface area (Å²) in [7, 11) is 0. The molecule has 0 amide bonds. The van der Waals surface area contributed by atoms with Crippen LogP contribution in [0.15, 0.2) is 10.5 Å². The van der Waals surface area contributed by atoms with Gasteiger partial charge in [0.05, 0.1) is 15.6 Å². The van der Waals surface area contributed by atoms with E-state index in [0.29, 0.717) is 12.2 Å². The van der Waals surface area contributed by atoms with Crippen molar-refractivity contribution in [3.05, 3.63) is 33.9 Å². The van der Waals surface area contributed by atoms with E-state index in [2.05, 4.69) is 22.9 Å². The second-order valence-corrected chi connectivity index (χ2v) is 4.59. The second kappa shape index (κ2) is 5.17. The van der Waals surface area contributed by atoms with Gasteiger partial charge in [0.15, 0.2) is 5.82 Å². The highest BCUT2D eigenvalue weighted by molar-refractivity contribution is 9.10. The Bertz CT molecular complexity index is 366. The van der Waals surface area contributed by atoms with E-state index in [1.54, 1.807) is 6.07 Å². The van der Waals surface area contributed by atoms with Gasteiger partial charge in [-0.15, -0.1) is 0 Å². The Morgan fingerprint density at radius 2 is 2.20 bits per heavy atom. The summed E-state index contributed by atoms with van der Waals surface area (Å²) in [6.07, 6.45) is 0.480. The first-order valence-corrected chi connectivity index (χ1v) is 5.76. The molecule has 0 aliphatic heterocycles. The lowest BCUT2D eigenvalue weighted by Gasteiger charge is -2.16. The Morgan fingerprint density at radius 1 is 1.60 bits per heavy atom. The van der Waals surface area contributed by atoms with Gasteiger partial charge < -0.3 is 4.74 Å². The van der Waals surface area contributed by atoms with E-state index in [-0.39, 0.29) is 15.6 Å². The van der Waals surface area contributed by atoms with Gasteiger partial charge in [0.2, 0.25) is 0 Å². The molecule has 0 aromatic heterocycles. The van der Waals surface area contributed by atoms with Gasteiger partial charge in [0.1, 0.15) is 5.75 Å². The molecule has 0 saturated carbocycles. The Balaban J connectivity index is 3.27. The molecule has 0 fully saturated rings. The van der Waals surface area contributed by atoms with Gasteiger partial charge in [-0.25, -0.2) is 4.39 Å². The van der Waals surface area contributed by atoms with Crippen molar-refractivity contribution >= 4 is 27.5 Å². The molecule has 4 heteroatoms. The quantitative estimate of drug-likeness (QED) is 0.751. The van der Waals surface area contributed by atoms with Crippen LogP contribution in [0.3, 0.4) is 0 Å². The minimum absolute atomic E-state index is 0.0211. The first-order chi connectivity index (χ1) is 6.97. The maximum atomic E-state index is 13.5. The average Bonchev–Trinajstić information content (AvgIpc) is 2.18. The molecule has 83 valence electrons. The minimum atomic E-state index is -0.496. The number of hydrogen-bond acceptors (Lipinski definition) is 1. The molecule has 0 spiro atoms. The molecule has 0 aliphatic rings. The zero-order chi connectivity index (χ0) is 11.6. The molecule has 15 heavy (non-hydrogen) atoms. The third-order valence-corrected chi connectivity index (χ3v) is 2.80. The lowest BCUT2D eigenvalue weighted by Crippen LogP contribution is -2.08. The molecule has 1 radical (unpaired) electrons. The molecule has 0 bridgehead atoms. The van der Waals surface area contributed by atoms with E-state index in [1.165, 1.54) is 0 Å². The van der Waals surface area contributed by atoms with E-state index in [9.17, 15) is 4.39 Å². The molecule has 0 saturated heterocycles. The van der Waals surface area contributed by atoms with Crippen LogP contribution in [0.2, 0.25) is 5.02 Å². The van der Waals surface area contributed by atoms with Crippen LogP contribution in [0.1, 0.15) is 19.4 Å². The third-order valence-electron chi connectivity index (χ3n) is 1.82. The zero-order valence-corrected chi connectivity index (χ0v) is 11.0.